The van der Waals surface area contributed by atoms with Crippen molar-refractivity contribution in [2.45, 2.75) is 25.4 Å². The molecular weight excluding hydrogens is 438 g/mol. The molecule has 4 N–H and O–H groups in total. The van der Waals surface area contributed by atoms with E-state index in [1.54, 1.807) is 24.3 Å². The number of hydrogen-bond acceptors (Lipinski definition) is 6. The van der Waals surface area contributed by atoms with Crippen molar-refractivity contribution >= 4 is 29.0 Å². The number of ether oxygens (including phenoxy) is 1. The summed E-state index contributed by atoms with van der Waals surface area (Å²) in [7, 11) is 1.48. The fourth-order valence-corrected chi connectivity index (χ4v) is 4.10. The first-order chi connectivity index (χ1) is 16.4. The van der Waals surface area contributed by atoms with Gasteiger partial charge < -0.3 is 15.8 Å². The van der Waals surface area contributed by atoms with Crippen LogP contribution in [0.2, 0.25) is 0 Å². The van der Waals surface area contributed by atoms with E-state index < -0.39 is 23.1 Å². The number of carbonyl (C=O) groups excluding carboxylic acids is 2. The molecule has 0 saturated carbocycles. The zero-order valence-corrected chi connectivity index (χ0v) is 18.6. The van der Waals surface area contributed by atoms with Crippen LogP contribution < -0.4 is 27.2 Å². The summed E-state index contributed by atoms with van der Waals surface area (Å²) < 4.78 is 6.20. The fourth-order valence-electron chi connectivity index (χ4n) is 4.10. The Labute approximate surface area is 195 Å². The number of carbonyl (C=O) groups is 2. The van der Waals surface area contributed by atoms with Crippen LogP contribution in [0.4, 0.5) is 17.2 Å². The van der Waals surface area contributed by atoms with Crippen LogP contribution in [0.5, 0.6) is 0 Å². The van der Waals surface area contributed by atoms with Gasteiger partial charge in [0.2, 0.25) is 11.8 Å². The first-order valence-electron chi connectivity index (χ1n) is 10.8. The van der Waals surface area contributed by atoms with Crippen LogP contribution in [0.25, 0.3) is 0 Å². The largest absolute Gasteiger partial charge is 0.383 e. The summed E-state index contributed by atoms with van der Waals surface area (Å²) in [6.07, 6.45) is -0.0811. The van der Waals surface area contributed by atoms with Crippen molar-refractivity contribution in [3.05, 3.63) is 86.6 Å². The van der Waals surface area contributed by atoms with Crippen molar-refractivity contribution in [1.82, 2.24) is 9.55 Å². The molecule has 0 fully saturated rings. The molecule has 2 heterocycles. The van der Waals surface area contributed by atoms with E-state index in [0.717, 1.165) is 10.1 Å². The quantitative estimate of drug-likeness (QED) is 0.484. The molecule has 176 valence electrons. The molecule has 0 spiro atoms. The molecule has 1 aliphatic heterocycles. The van der Waals surface area contributed by atoms with Crippen molar-refractivity contribution in [2.24, 2.45) is 0 Å². The molecular formula is C24H25N5O5. The van der Waals surface area contributed by atoms with Gasteiger partial charge >= 0.3 is 5.69 Å². The van der Waals surface area contributed by atoms with Crippen LogP contribution in [0.15, 0.2) is 64.2 Å². The van der Waals surface area contributed by atoms with Crippen LogP contribution in [-0.4, -0.2) is 35.1 Å². The lowest BCUT2D eigenvalue weighted by atomic mass is 9.89. The summed E-state index contributed by atoms with van der Waals surface area (Å²) in [6.45, 7) is 0.293. The Kier molecular flexibility index (Phi) is 6.60. The van der Waals surface area contributed by atoms with Crippen molar-refractivity contribution < 1.29 is 14.3 Å². The smallest absolute Gasteiger partial charge is 0.330 e. The van der Waals surface area contributed by atoms with Gasteiger partial charge in [-0.1, -0.05) is 48.5 Å². The Morgan fingerprint density at radius 1 is 1.12 bits per heavy atom. The number of anilines is 3. The zero-order chi connectivity index (χ0) is 24.2. The highest BCUT2D eigenvalue weighted by molar-refractivity contribution is 6.06. The van der Waals surface area contributed by atoms with Crippen LogP contribution in [0, 0.1) is 0 Å². The number of fused-ring (bicyclic) bond motifs is 1. The molecule has 0 bridgehead atoms. The average Bonchev–Trinajstić information content (AvgIpc) is 2.82. The van der Waals surface area contributed by atoms with Crippen LogP contribution in [-0.2, 0) is 27.4 Å². The van der Waals surface area contributed by atoms with Crippen molar-refractivity contribution in [3.8, 4) is 0 Å². The molecule has 0 aliphatic carbocycles. The van der Waals surface area contributed by atoms with Gasteiger partial charge in [-0.2, -0.15) is 0 Å². The molecule has 1 aromatic heterocycles. The highest BCUT2D eigenvalue weighted by Gasteiger charge is 2.36. The molecule has 0 radical (unpaired) electrons. The number of amides is 2. The molecule has 1 atom stereocenters. The number of H-pyrrole nitrogens is 1. The van der Waals surface area contributed by atoms with E-state index in [4.69, 9.17) is 10.5 Å². The van der Waals surface area contributed by atoms with Gasteiger partial charge in [-0.3, -0.25) is 28.8 Å². The molecule has 34 heavy (non-hydrogen) atoms. The minimum Gasteiger partial charge on any atom is -0.383 e. The normalized spacial score (nSPS) is 14.9. The number of nitrogen functional groups attached to an aromatic ring is 1. The Morgan fingerprint density at radius 3 is 2.56 bits per heavy atom. The SMILES string of the molecule is COCCn1c(N)c(N(Cc2ccccc2)C(=O)C2CC(=O)Nc3ccccc32)c(=O)[nH]c1=O. The van der Waals surface area contributed by atoms with E-state index in [2.05, 4.69) is 10.3 Å². The molecule has 10 nitrogen and oxygen atoms in total. The molecule has 1 aliphatic rings. The summed E-state index contributed by atoms with van der Waals surface area (Å²) in [5, 5.41) is 2.77. The number of nitrogens with one attached hydrogen (secondary N) is 2. The van der Waals surface area contributed by atoms with Gasteiger partial charge in [0.25, 0.3) is 5.56 Å². The van der Waals surface area contributed by atoms with Gasteiger partial charge in [0.1, 0.15) is 5.82 Å². The third-order valence-electron chi connectivity index (χ3n) is 5.75. The predicted molar refractivity (Wildman–Crippen MR) is 128 cm³/mol. The number of methoxy groups -OCH3 is 1. The molecule has 2 amide bonds. The summed E-state index contributed by atoms with van der Waals surface area (Å²) >= 11 is 0. The molecule has 10 heteroatoms. The van der Waals surface area contributed by atoms with Gasteiger partial charge in [-0.05, 0) is 17.2 Å². The first kappa shape index (κ1) is 23.0. The lowest BCUT2D eigenvalue weighted by molar-refractivity contribution is -0.124. The monoisotopic (exact) mass is 463 g/mol. The predicted octanol–water partition coefficient (Wildman–Crippen LogP) is 1.42. The van der Waals surface area contributed by atoms with Gasteiger partial charge in [-0.15, -0.1) is 0 Å². The number of aromatic nitrogens is 2. The van der Waals surface area contributed by atoms with Gasteiger partial charge in [-0.25, -0.2) is 4.79 Å². The van der Waals surface area contributed by atoms with Crippen LogP contribution in [0.1, 0.15) is 23.5 Å². The highest BCUT2D eigenvalue weighted by Crippen LogP contribution is 2.35. The summed E-state index contributed by atoms with van der Waals surface area (Å²) in [5.41, 5.74) is 6.60. The Bertz CT molecular complexity index is 1330. The van der Waals surface area contributed by atoms with E-state index in [1.807, 2.05) is 30.3 Å². The van der Waals surface area contributed by atoms with E-state index in [0.29, 0.717) is 11.3 Å². The molecule has 0 saturated heterocycles. The summed E-state index contributed by atoms with van der Waals surface area (Å²) in [6, 6.07) is 16.1. The number of aromatic amines is 1. The number of nitrogens with two attached hydrogens (primary N) is 1. The van der Waals surface area contributed by atoms with Crippen LogP contribution in [0.3, 0.4) is 0 Å². The maximum absolute atomic E-state index is 14.0. The van der Waals surface area contributed by atoms with E-state index in [1.165, 1.54) is 12.0 Å². The van der Waals surface area contributed by atoms with Gasteiger partial charge in [0, 0.05) is 19.2 Å². The van der Waals surface area contributed by atoms with E-state index >= 15 is 0 Å². The number of hydrogen-bond donors (Lipinski definition) is 3. The second-order valence-electron chi connectivity index (χ2n) is 7.94. The summed E-state index contributed by atoms with van der Waals surface area (Å²) in [4.78, 5) is 55.2. The Morgan fingerprint density at radius 2 is 1.82 bits per heavy atom. The van der Waals surface area contributed by atoms with Gasteiger partial charge in [0.15, 0.2) is 5.69 Å². The standard InChI is InChI=1S/C24H25N5O5/c1-34-12-11-28-21(25)20(22(31)27-24(28)33)29(14-15-7-3-2-4-8-15)23(32)17-13-19(30)26-18-10-6-5-9-16(17)18/h2-10,17H,11-14,25H2,1H3,(H,26,30)(H,27,31,33). The lowest BCUT2D eigenvalue weighted by Crippen LogP contribution is -2.44. The minimum atomic E-state index is -0.827. The second kappa shape index (κ2) is 9.75. The topological polar surface area (TPSA) is 140 Å². The third kappa shape index (κ3) is 4.48. The molecule has 3 aromatic rings. The highest BCUT2D eigenvalue weighted by atomic mass is 16.5. The maximum Gasteiger partial charge on any atom is 0.330 e. The Balaban J connectivity index is 1.85. The lowest BCUT2D eigenvalue weighted by Gasteiger charge is -2.31. The Hall–Kier alpha value is -4.18. The number of rotatable bonds is 7. The summed E-state index contributed by atoms with van der Waals surface area (Å²) in [5.74, 6) is -1.75. The van der Waals surface area contributed by atoms with Crippen LogP contribution >= 0.6 is 0 Å². The third-order valence-corrected chi connectivity index (χ3v) is 5.75. The first-order valence-corrected chi connectivity index (χ1v) is 10.8. The van der Waals surface area contributed by atoms with Gasteiger partial charge in [0.05, 0.1) is 25.6 Å². The minimum absolute atomic E-state index is 0.0235. The maximum atomic E-state index is 14.0. The number of nitrogens with zero attached hydrogens (tertiary/aromatic N) is 2. The van der Waals surface area contributed by atoms with Crippen molar-refractivity contribution in [1.29, 1.82) is 0 Å². The van der Waals surface area contributed by atoms with E-state index in [9.17, 15) is 19.2 Å². The van der Waals surface area contributed by atoms with Crippen molar-refractivity contribution in [2.75, 3.05) is 29.7 Å². The number of para-hydroxylation sites is 1. The molecule has 1 unspecified atom stereocenters. The van der Waals surface area contributed by atoms with Crippen molar-refractivity contribution in [3.63, 3.8) is 0 Å². The average molecular weight is 463 g/mol. The van der Waals surface area contributed by atoms with E-state index in [-0.39, 0.29) is 43.5 Å². The molecule has 4 rings (SSSR count). The fraction of sp³-hybridized carbons (Fsp3) is 0.250. The molecule has 2 aromatic carbocycles. The second-order valence-corrected chi connectivity index (χ2v) is 7.94. The number of benzene rings is 2. The zero-order valence-electron chi connectivity index (χ0n) is 18.6.